The number of benzene rings is 2. The number of nitrogens with one attached hydrogen (secondary N) is 1. The largest absolute Gasteiger partial charge is 0.368 e. The number of carbonyl (C=O) groups excluding carboxylic acids is 2. The number of thioether (sulfide) groups is 1. The highest BCUT2D eigenvalue weighted by Crippen LogP contribution is 2.27. The highest BCUT2D eigenvalue weighted by molar-refractivity contribution is 7.98. The van der Waals surface area contributed by atoms with Gasteiger partial charge in [-0.3, -0.25) is 14.2 Å². The van der Waals surface area contributed by atoms with Gasteiger partial charge in [-0.25, -0.2) is 0 Å². The van der Waals surface area contributed by atoms with E-state index in [1.54, 1.807) is 35.8 Å². The van der Waals surface area contributed by atoms with E-state index in [-0.39, 0.29) is 17.6 Å². The first-order valence-corrected chi connectivity index (χ1v) is 9.73. The fourth-order valence-corrected chi connectivity index (χ4v) is 3.73. The Hall–Kier alpha value is -3.13. The lowest BCUT2D eigenvalue weighted by Crippen LogP contribution is -2.19. The van der Waals surface area contributed by atoms with Crippen molar-refractivity contribution < 1.29 is 9.59 Å². The SMILES string of the molecule is CC(=O)Nc1ccc(C(=O)C(C)n2c(N)nnc2SCc2ccccc2)cc1. The average molecular weight is 395 g/mol. The first-order valence-electron chi connectivity index (χ1n) is 8.74. The summed E-state index contributed by atoms with van der Waals surface area (Å²) in [5.41, 5.74) is 8.29. The molecule has 144 valence electrons. The molecule has 0 saturated carbocycles. The third-order valence-electron chi connectivity index (χ3n) is 4.16. The maximum atomic E-state index is 12.9. The molecule has 0 bridgehead atoms. The highest BCUT2D eigenvalue weighted by atomic mass is 32.2. The molecule has 2 aromatic carbocycles. The Labute approximate surface area is 167 Å². The summed E-state index contributed by atoms with van der Waals surface area (Å²) in [5, 5.41) is 11.3. The zero-order chi connectivity index (χ0) is 20.1. The van der Waals surface area contributed by atoms with Crippen LogP contribution in [0.3, 0.4) is 0 Å². The normalized spacial score (nSPS) is 11.8. The van der Waals surface area contributed by atoms with Gasteiger partial charge >= 0.3 is 0 Å². The Morgan fingerprint density at radius 2 is 1.79 bits per heavy atom. The van der Waals surface area contributed by atoms with Crippen molar-refractivity contribution >= 4 is 35.1 Å². The van der Waals surface area contributed by atoms with Gasteiger partial charge in [0.15, 0.2) is 10.9 Å². The number of hydrogen-bond acceptors (Lipinski definition) is 6. The first-order chi connectivity index (χ1) is 13.5. The summed E-state index contributed by atoms with van der Waals surface area (Å²) < 4.78 is 1.65. The van der Waals surface area contributed by atoms with Gasteiger partial charge in [-0.1, -0.05) is 42.1 Å². The van der Waals surface area contributed by atoms with Gasteiger partial charge in [0.25, 0.3) is 0 Å². The molecule has 0 aliphatic heterocycles. The maximum Gasteiger partial charge on any atom is 0.223 e. The number of rotatable bonds is 7. The molecule has 7 nitrogen and oxygen atoms in total. The smallest absolute Gasteiger partial charge is 0.223 e. The fraction of sp³-hybridized carbons (Fsp3) is 0.200. The predicted octanol–water partition coefficient (Wildman–Crippen LogP) is 3.55. The van der Waals surface area contributed by atoms with E-state index >= 15 is 0 Å². The van der Waals surface area contributed by atoms with Gasteiger partial charge in [-0.15, -0.1) is 10.2 Å². The van der Waals surface area contributed by atoms with Crippen LogP contribution in [0.1, 0.15) is 35.8 Å². The minimum Gasteiger partial charge on any atom is -0.368 e. The molecule has 1 atom stereocenters. The van der Waals surface area contributed by atoms with Crippen molar-refractivity contribution in [2.45, 2.75) is 30.8 Å². The number of Topliss-reactive ketones (excluding diaryl/α,β-unsaturated/α-hetero) is 1. The van der Waals surface area contributed by atoms with E-state index in [9.17, 15) is 9.59 Å². The number of carbonyl (C=O) groups is 2. The van der Waals surface area contributed by atoms with Crippen molar-refractivity contribution in [1.82, 2.24) is 14.8 Å². The molecule has 0 aliphatic carbocycles. The maximum absolute atomic E-state index is 12.9. The Morgan fingerprint density at radius 1 is 1.11 bits per heavy atom. The zero-order valence-electron chi connectivity index (χ0n) is 15.6. The van der Waals surface area contributed by atoms with E-state index in [4.69, 9.17) is 5.73 Å². The van der Waals surface area contributed by atoms with E-state index < -0.39 is 6.04 Å². The van der Waals surface area contributed by atoms with E-state index in [2.05, 4.69) is 15.5 Å². The third kappa shape index (κ3) is 4.58. The second-order valence-corrected chi connectivity index (χ2v) is 7.23. The van der Waals surface area contributed by atoms with Gasteiger partial charge < -0.3 is 11.1 Å². The molecule has 1 aromatic heterocycles. The van der Waals surface area contributed by atoms with Crippen LogP contribution in [-0.4, -0.2) is 26.5 Å². The third-order valence-corrected chi connectivity index (χ3v) is 5.17. The molecule has 0 radical (unpaired) electrons. The van der Waals surface area contributed by atoms with E-state index in [0.29, 0.717) is 22.2 Å². The van der Waals surface area contributed by atoms with E-state index in [0.717, 1.165) is 5.56 Å². The summed E-state index contributed by atoms with van der Waals surface area (Å²) in [4.78, 5) is 24.0. The van der Waals surface area contributed by atoms with Gasteiger partial charge in [-0.2, -0.15) is 0 Å². The molecule has 3 aromatic rings. The molecule has 1 amide bonds. The highest BCUT2D eigenvalue weighted by Gasteiger charge is 2.23. The Kier molecular flexibility index (Phi) is 6.10. The molecule has 28 heavy (non-hydrogen) atoms. The van der Waals surface area contributed by atoms with E-state index in [1.807, 2.05) is 30.3 Å². The van der Waals surface area contributed by atoms with Crippen LogP contribution >= 0.6 is 11.8 Å². The van der Waals surface area contributed by atoms with Gasteiger partial charge in [0, 0.05) is 23.9 Å². The minimum atomic E-state index is -0.556. The van der Waals surface area contributed by atoms with Crippen LogP contribution in [0.5, 0.6) is 0 Å². The summed E-state index contributed by atoms with van der Waals surface area (Å²) in [5.74, 6) is 0.629. The van der Waals surface area contributed by atoms with Gasteiger partial charge in [-0.05, 0) is 36.8 Å². The first kappa shape index (κ1) is 19.6. The zero-order valence-corrected chi connectivity index (χ0v) is 16.4. The van der Waals surface area contributed by atoms with Crippen molar-refractivity contribution in [3.8, 4) is 0 Å². The molecule has 0 aliphatic rings. The molecule has 3 rings (SSSR count). The number of ketones is 1. The molecular weight excluding hydrogens is 374 g/mol. The quantitative estimate of drug-likeness (QED) is 0.468. The van der Waals surface area contributed by atoms with Crippen molar-refractivity contribution in [3.63, 3.8) is 0 Å². The van der Waals surface area contributed by atoms with Crippen molar-refractivity contribution in [3.05, 3.63) is 65.7 Å². The summed E-state index contributed by atoms with van der Waals surface area (Å²) in [6.45, 7) is 3.21. The second-order valence-electron chi connectivity index (χ2n) is 6.28. The van der Waals surface area contributed by atoms with Gasteiger partial charge in [0.05, 0.1) is 6.04 Å². The Morgan fingerprint density at radius 3 is 2.43 bits per heavy atom. The summed E-state index contributed by atoms with van der Waals surface area (Å²) >= 11 is 1.48. The minimum absolute atomic E-state index is 0.109. The van der Waals surface area contributed by atoms with Crippen LogP contribution in [0.4, 0.5) is 11.6 Å². The fourth-order valence-electron chi connectivity index (χ4n) is 2.75. The van der Waals surface area contributed by atoms with Crippen LogP contribution in [0, 0.1) is 0 Å². The van der Waals surface area contributed by atoms with Crippen molar-refractivity contribution in [2.75, 3.05) is 11.1 Å². The standard InChI is InChI=1S/C20H21N5O2S/c1-13(18(27)16-8-10-17(11-9-16)22-14(2)26)25-19(21)23-24-20(25)28-12-15-6-4-3-5-7-15/h3-11,13H,12H2,1-2H3,(H2,21,23)(H,22,26). The molecule has 0 fully saturated rings. The van der Waals surface area contributed by atoms with Gasteiger partial charge in [0.1, 0.15) is 0 Å². The number of hydrogen-bond donors (Lipinski definition) is 2. The molecule has 3 N–H and O–H groups in total. The number of amides is 1. The van der Waals surface area contributed by atoms with Gasteiger partial charge in [0.2, 0.25) is 11.9 Å². The van der Waals surface area contributed by atoms with Crippen molar-refractivity contribution in [2.24, 2.45) is 0 Å². The number of nitrogens with zero attached hydrogens (tertiary/aromatic N) is 3. The monoisotopic (exact) mass is 395 g/mol. The van der Waals surface area contributed by atoms with Crippen LogP contribution in [0.15, 0.2) is 59.8 Å². The molecule has 0 saturated heterocycles. The van der Waals surface area contributed by atoms with Crippen LogP contribution in [0.25, 0.3) is 0 Å². The molecule has 8 heteroatoms. The number of nitrogen functional groups attached to an aromatic ring is 1. The van der Waals surface area contributed by atoms with Crippen LogP contribution in [-0.2, 0) is 10.5 Å². The topological polar surface area (TPSA) is 103 Å². The lowest BCUT2D eigenvalue weighted by Gasteiger charge is -2.16. The van der Waals surface area contributed by atoms with Crippen LogP contribution < -0.4 is 11.1 Å². The molecule has 0 spiro atoms. The second kappa shape index (κ2) is 8.71. The number of anilines is 2. The average Bonchev–Trinajstić information content (AvgIpc) is 3.06. The Bertz CT molecular complexity index is 970. The predicted molar refractivity (Wildman–Crippen MR) is 110 cm³/mol. The summed E-state index contributed by atoms with van der Waals surface area (Å²) in [6.07, 6.45) is 0. The molecular formula is C20H21N5O2S. The van der Waals surface area contributed by atoms with Crippen LogP contribution in [0.2, 0.25) is 0 Å². The lowest BCUT2D eigenvalue weighted by molar-refractivity contribution is -0.114. The Balaban J connectivity index is 1.76. The molecule has 1 unspecified atom stereocenters. The summed E-state index contributed by atoms with van der Waals surface area (Å²) in [7, 11) is 0. The molecule has 1 heterocycles. The summed E-state index contributed by atoms with van der Waals surface area (Å²) in [6, 6.07) is 16.2. The lowest BCUT2D eigenvalue weighted by atomic mass is 10.0. The number of nitrogens with two attached hydrogens (primary N) is 1. The number of aromatic nitrogens is 3. The van der Waals surface area contributed by atoms with E-state index in [1.165, 1.54) is 18.7 Å². The van der Waals surface area contributed by atoms with Crippen molar-refractivity contribution in [1.29, 1.82) is 0 Å².